The second kappa shape index (κ2) is 7.74. The summed E-state index contributed by atoms with van der Waals surface area (Å²) in [4.78, 5) is 24.0. The molecule has 5 nitrogen and oxygen atoms in total. The summed E-state index contributed by atoms with van der Waals surface area (Å²) >= 11 is 0. The zero-order valence-corrected chi connectivity index (χ0v) is 10.9. The average Bonchev–Trinajstić information content (AvgIpc) is 2.80. The third-order valence-corrected chi connectivity index (χ3v) is 3.16. The molecule has 1 unspecified atom stereocenters. The number of likely N-dealkylation sites (tertiary alicyclic amines) is 1. The number of nitrogens with zero attached hydrogens (tertiary/aromatic N) is 1. The number of aliphatic carboxylic acids is 1. The zero-order valence-electron chi connectivity index (χ0n) is 10.9. The van der Waals surface area contributed by atoms with Crippen LogP contribution in [0, 0.1) is 5.92 Å². The summed E-state index contributed by atoms with van der Waals surface area (Å²) in [7, 11) is 0. The van der Waals surface area contributed by atoms with Crippen LogP contribution >= 0.6 is 0 Å². The van der Waals surface area contributed by atoms with Crippen molar-refractivity contribution in [2.24, 2.45) is 5.92 Å². The maximum absolute atomic E-state index is 11.8. The van der Waals surface area contributed by atoms with E-state index in [1.165, 1.54) is 0 Å². The lowest BCUT2D eigenvalue weighted by Gasteiger charge is -2.17. The molecule has 0 aliphatic carbocycles. The van der Waals surface area contributed by atoms with Crippen LogP contribution in [-0.2, 0) is 4.79 Å². The number of carbonyl (C=O) groups excluding carboxylic acids is 1. The van der Waals surface area contributed by atoms with Gasteiger partial charge < -0.3 is 15.3 Å². The first-order chi connectivity index (χ1) is 8.63. The number of nitrogens with one attached hydrogen (secondary N) is 1. The molecule has 102 valence electrons. The summed E-state index contributed by atoms with van der Waals surface area (Å²) in [5, 5.41) is 11.5. The highest BCUT2D eigenvalue weighted by atomic mass is 16.4. The van der Waals surface area contributed by atoms with Gasteiger partial charge >= 0.3 is 12.0 Å². The van der Waals surface area contributed by atoms with Crippen molar-refractivity contribution in [3.63, 3.8) is 0 Å². The van der Waals surface area contributed by atoms with Crippen LogP contribution in [-0.4, -0.2) is 41.6 Å². The molecule has 1 aliphatic rings. The number of amides is 2. The molecule has 0 saturated carbocycles. The molecule has 1 saturated heterocycles. The van der Waals surface area contributed by atoms with Gasteiger partial charge in [0.15, 0.2) is 0 Å². The highest BCUT2D eigenvalue weighted by Crippen LogP contribution is 2.20. The molecule has 5 heteroatoms. The van der Waals surface area contributed by atoms with Crippen LogP contribution in [0.15, 0.2) is 12.2 Å². The summed E-state index contributed by atoms with van der Waals surface area (Å²) in [5.74, 6) is -0.424. The summed E-state index contributed by atoms with van der Waals surface area (Å²) < 4.78 is 0. The van der Waals surface area contributed by atoms with E-state index in [-0.39, 0.29) is 12.5 Å². The number of hydrogen-bond acceptors (Lipinski definition) is 2. The summed E-state index contributed by atoms with van der Waals surface area (Å²) in [6, 6.07) is -0.0303. The molecular weight excluding hydrogens is 232 g/mol. The molecule has 0 bridgehead atoms. The first kappa shape index (κ1) is 14.5. The minimum absolute atomic E-state index is 0.0303. The van der Waals surface area contributed by atoms with Gasteiger partial charge in [0.05, 0.1) is 0 Å². The Morgan fingerprint density at radius 2 is 2.28 bits per heavy atom. The maximum atomic E-state index is 11.8. The molecule has 0 aromatic rings. The standard InChI is InChI=1S/C13H22N2O3/c1-2-3-4-8-14-13(18)15-9-7-11(10-15)5-6-12(16)17/h2-3,11H,4-10H2,1H3,(H,14,18)(H,16,17)/b3-2+. The Kier molecular flexibility index (Phi) is 6.25. The van der Waals surface area contributed by atoms with Gasteiger partial charge in [0.2, 0.25) is 0 Å². The second-order valence-corrected chi connectivity index (χ2v) is 4.62. The number of carboxylic acid groups (broad SMARTS) is 1. The second-order valence-electron chi connectivity index (χ2n) is 4.62. The third-order valence-electron chi connectivity index (χ3n) is 3.16. The smallest absolute Gasteiger partial charge is 0.317 e. The number of carboxylic acids is 1. The van der Waals surface area contributed by atoms with E-state index in [1.807, 2.05) is 19.1 Å². The van der Waals surface area contributed by atoms with Crippen LogP contribution in [0.1, 0.15) is 32.6 Å². The maximum Gasteiger partial charge on any atom is 0.317 e. The molecule has 18 heavy (non-hydrogen) atoms. The molecule has 1 atom stereocenters. The van der Waals surface area contributed by atoms with Crippen LogP contribution in [0.5, 0.6) is 0 Å². The minimum atomic E-state index is -0.760. The third kappa shape index (κ3) is 5.21. The van der Waals surface area contributed by atoms with E-state index in [0.29, 0.717) is 25.4 Å². The Labute approximate surface area is 108 Å². The number of carbonyl (C=O) groups is 2. The summed E-state index contributed by atoms with van der Waals surface area (Å²) in [6.07, 6.45) is 6.59. The van der Waals surface area contributed by atoms with Gasteiger partial charge in [-0.05, 0) is 32.1 Å². The van der Waals surface area contributed by atoms with Crippen LogP contribution in [0.25, 0.3) is 0 Å². The monoisotopic (exact) mass is 254 g/mol. The number of urea groups is 1. The van der Waals surface area contributed by atoms with Gasteiger partial charge in [0.25, 0.3) is 0 Å². The molecule has 2 amide bonds. The Bertz CT molecular complexity index is 315. The lowest BCUT2D eigenvalue weighted by molar-refractivity contribution is -0.137. The van der Waals surface area contributed by atoms with Crippen LogP contribution in [0.4, 0.5) is 4.79 Å². The minimum Gasteiger partial charge on any atom is -0.481 e. The molecule has 1 aliphatic heterocycles. The van der Waals surface area contributed by atoms with E-state index in [0.717, 1.165) is 19.4 Å². The van der Waals surface area contributed by atoms with Gasteiger partial charge in [-0.25, -0.2) is 4.79 Å². The van der Waals surface area contributed by atoms with Crippen molar-refractivity contribution in [1.82, 2.24) is 10.2 Å². The molecule has 2 N–H and O–H groups in total. The Balaban J connectivity index is 2.19. The molecular formula is C13H22N2O3. The number of hydrogen-bond donors (Lipinski definition) is 2. The van der Waals surface area contributed by atoms with Gasteiger partial charge in [-0.3, -0.25) is 4.79 Å². The van der Waals surface area contributed by atoms with E-state index in [9.17, 15) is 9.59 Å². The fourth-order valence-corrected chi connectivity index (χ4v) is 2.12. The van der Waals surface area contributed by atoms with Crippen molar-refractivity contribution in [3.05, 3.63) is 12.2 Å². The van der Waals surface area contributed by atoms with E-state index in [4.69, 9.17) is 5.11 Å². The summed E-state index contributed by atoms with van der Waals surface area (Å²) in [5.41, 5.74) is 0. The molecule has 1 rings (SSSR count). The van der Waals surface area contributed by atoms with Gasteiger partial charge in [-0.1, -0.05) is 12.2 Å². The van der Waals surface area contributed by atoms with Crippen LogP contribution in [0.2, 0.25) is 0 Å². The van der Waals surface area contributed by atoms with Crippen molar-refractivity contribution >= 4 is 12.0 Å². The van der Waals surface area contributed by atoms with Crippen molar-refractivity contribution in [3.8, 4) is 0 Å². The fourth-order valence-electron chi connectivity index (χ4n) is 2.12. The largest absolute Gasteiger partial charge is 0.481 e. The Morgan fingerprint density at radius 3 is 2.94 bits per heavy atom. The molecule has 1 heterocycles. The predicted molar refractivity (Wildman–Crippen MR) is 69.4 cm³/mol. The first-order valence-corrected chi connectivity index (χ1v) is 6.49. The van der Waals surface area contributed by atoms with E-state index in [1.54, 1.807) is 4.90 Å². The predicted octanol–water partition coefficient (Wildman–Crippen LogP) is 1.85. The van der Waals surface area contributed by atoms with Crippen molar-refractivity contribution in [1.29, 1.82) is 0 Å². The number of allylic oxidation sites excluding steroid dienone is 1. The van der Waals surface area contributed by atoms with Crippen molar-refractivity contribution in [2.45, 2.75) is 32.6 Å². The van der Waals surface area contributed by atoms with E-state index >= 15 is 0 Å². The van der Waals surface area contributed by atoms with Gasteiger partial charge in [0, 0.05) is 26.1 Å². The fraction of sp³-hybridized carbons (Fsp3) is 0.692. The van der Waals surface area contributed by atoms with Gasteiger partial charge in [-0.15, -0.1) is 0 Å². The number of rotatable bonds is 6. The normalized spacial score (nSPS) is 19.4. The topological polar surface area (TPSA) is 69.6 Å². The average molecular weight is 254 g/mol. The van der Waals surface area contributed by atoms with Gasteiger partial charge in [0.1, 0.15) is 0 Å². The van der Waals surface area contributed by atoms with Gasteiger partial charge in [-0.2, -0.15) is 0 Å². The van der Waals surface area contributed by atoms with Crippen LogP contribution in [0.3, 0.4) is 0 Å². The first-order valence-electron chi connectivity index (χ1n) is 6.49. The highest BCUT2D eigenvalue weighted by molar-refractivity contribution is 5.74. The highest BCUT2D eigenvalue weighted by Gasteiger charge is 2.26. The molecule has 0 radical (unpaired) electrons. The lowest BCUT2D eigenvalue weighted by atomic mass is 10.0. The van der Waals surface area contributed by atoms with Crippen LogP contribution < -0.4 is 5.32 Å². The molecule has 0 aromatic carbocycles. The summed E-state index contributed by atoms with van der Waals surface area (Å²) in [6.45, 7) is 4.03. The molecule has 0 aromatic heterocycles. The lowest BCUT2D eigenvalue weighted by Crippen LogP contribution is -2.38. The van der Waals surface area contributed by atoms with Crippen molar-refractivity contribution < 1.29 is 14.7 Å². The molecule has 1 fully saturated rings. The van der Waals surface area contributed by atoms with E-state index in [2.05, 4.69) is 5.32 Å². The van der Waals surface area contributed by atoms with E-state index < -0.39 is 5.97 Å². The Hall–Kier alpha value is -1.52. The van der Waals surface area contributed by atoms with Crippen molar-refractivity contribution in [2.75, 3.05) is 19.6 Å². The quantitative estimate of drug-likeness (QED) is 0.561. The Morgan fingerprint density at radius 1 is 1.50 bits per heavy atom. The SMILES string of the molecule is C/C=C/CCNC(=O)N1CCC(CCC(=O)O)C1. The zero-order chi connectivity index (χ0) is 13.4. The molecule has 0 spiro atoms.